The lowest BCUT2D eigenvalue weighted by Gasteiger charge is -2.09. The fourth-order valence-electron chi connectivity index (χ4n) is 4.16. The van der Waals surface area contributed by atoms with Gasteiger partial charge in [-0.15, -0.1) is 0 Å². The molecule has 4 heterocycles. The number of fused-ring (bicyclic) bond motifs is 1. The van der Waals surface area contributed by atoms with E-state index in [1.165, 1.54) is 18.3 Å². The first-order valence-electron chi connectivity index (χ1n) is 11.9. The first-order chi connectivity index (χ1) is 19.0. The predicted octanol–water partition coefficient (Wildman–Crippen LogP) is 6.64. The number of pyridine rings is 2. The molecule has 4 aromatic heterocycles. The average Bonchev–Trinajstić information content (AvgIpc) is 3.34. The number of carbonyl (C=O) groups excluding carboxylic acids is 1. The summed E-state index contributed by atoms with van der Waals surface area (Å²) in [6.07, 6.45) is 4.91. The van der Waals surface area contributed by atoms with Crippen molar-refractivity contribution in [2.75, 3.05) is 10.6 Å². The molecule has 190 valence electrons. The smallest absolute Gasteiger partial charge is 0.257 e. The van der Waals surface area contributed by atoms with Gasteiger partial charge in [0.1, 0.15) is 16.7 Å². The van der Waals surface area contributed by atoms with Gasteiger partial charge in [0, 0.05) is 35.5 Å². The Morgan fingerprint density at radius 3 is 2.62 bits per heavy atom. The van der Waals surface area contributed by atoms with Gasteiger partial charge in [0.05, 0.1) is 22.3 Å². The second-order valence-electron chi connectivity index (χ2n) is 8.56. The molecule has 0 saturated carbocycles. The van der Waals surface area contributed by atoms with E-state index in [9.17, 15) is 9.18 Å². The van der Waals surface area contributed by atoms with E-state index in [4.69, 9.17) is 21.7 Å². The molecule has 0 spiro atoms. The molecule has 10 heteroatoms. The van der Waals surface area contributed by atoms with E-state index in [-0.39, 0.29) is 11.7 Å². The summed E-state index contributed by atoms with van der Waals surface area (Å²) < 4.78 is 15.5. The fourth-order valence-corrected chi connectivity index (χ4v) is 4.28. The van der Waals surface area contributed by atoms with Gasteiger partial charge in [0.15, 0.2) is 0 Å². The van der Waals surface area contributed by atoms with E-state index >= 15 is 0 Å². The van der Waals surface area contributed by atoms with Crippen molar-refractivity contribution in [2.45, 2.75) is 0 Å². The predicted molar refractivity (Wildman–Crippen MR) is 149 cm³/mol. The summed E-state index contributed by atoms with van der Waals surface area (Å²) in [6, 6.07) is 24.2. The summed E-state index contributed by atoms with van der Waals surface area (Å²) in [6.45, 7) is 0. The van der Waals surface area contributed by atoms with E-state index in [1.54, 1.807) is 47.1 Å². The van der Waals surface area contributed by atoms with Crippen LogP contribution in [-0.2, 0) is 0 Å². The number of hydrogen-bond donors (Lipinski definition) is 2. The third-order valence-corrected chi connectivity index (χ3v) is 6.14. The summed E-state index contributed by atoms with van der Waals surface area (Å²) in [5, 5.41) is 11.1. The van der Waals surface area contributed by atoms with Crippen LogP contribution in [0.5, 0.6) is 0 Å². The zero-order chi connectivity index (χ0) is 26.8. The Hall–Kier alpha value is -5.15. The minimum atomic E-state index is -0.361. The lowest BCUT2D eigenvalue weighted by atomic mass is 10.0. The van der Waals surface area contributed by atoms with Crippen LogP contribution in [0.2, 0.25) is 5.15 Å². The molecule has 0 radical (unpaired) electrons. The number of anilines is 3. The van der Waals surface area contributed by atoms with Gasteiger partial charge < -0.3 is 10.6 Å². The molecule has 0 atom stereocenters. The zero-order valence-corrected chi connectivity index (χ0v) is 21.0. The van der Waals surface area contributed by atoms with Gasteiger partial charge in [0.25, 0.3) is 5.91 Å². The summed E-state index contributed by atoms with van der Waals surface area (Å²) in [5.74, 6) is -0.354. The molecule has 39 heavy (non-hydrogen) atoms. The molecule has 8 nitrogen and oxygen atoms in total. The van der Waals surface area contributed by atoms with Crippen molar-refractivity contribution < 1.29 is 9.18 Å². The van der Waals surface area contributed by atoms with Crippen molar-refractivity contribution in [3.8, 4) is 22.5 Å². The zero-order valence-electron chi connectivity index (χ0n) is 20.2. The van der Waals surface area contributed by atoms with Gasteiger partial charge in [-0.25, -0.2) is 23.9 Å². The number of nitrogens with zero attached hydrogens (tertiary/aromatic N) is 5. The van der Waals surface area contributed by atoms with Crippen LogP contribution in [0.15, 0.2) is 104 Å². The third kappa shape index (κ3) is 5.16. The van der Waals surface area contributed by atoms with E-state index in [1.807, 2.05) is 42.6 Å². The van der Waals surface area contributed by atoms with Crippen molar-refractivity contribution in [3.63, 3.8) is 0 Å². The number of carbonyl (C=O) groups is 1. The Labute approximate surface area is 227 Å². The molecule has 0 aliphatic carbocycles. The standard InChI is InChI=1S/C29H19ClFN7O/c30-25-11-10-19(17-33-25)28(39)34-21-7-3-5-18(15-21)27-26(24-9-1-2-14-38(24)37-27)23-12-13-32-29(36-23)35-22-8-4-6-20(31)16-22/h1-17H,(H,34,39)(H,32,35,36). The number of benzene rings is 2. The highest BCUT2D eigenvalue weighted by atomic mass is 35.5. The largest absolute Gasteiger partial charge is 0.324 e. The number of halogens is 2. The summed E-state index contributed by atoms with van der Waals surface area (Å²) in [5.41, 5.74) is 5.20. The van der Waals surface area contributed by atoms with Crippen LogP contribution in [0, 0.1) is 5.82 Å². The van der Waals surface area contributed by atoms with Gasteiger partial charge in [-0.2, -0.15) is 5.10 Å². The second-order valence-corrected chi connectivity index (χ2v) is 8.95. The molecule has 2 aromatic carbocycles. The second kappa shape index (κ2) is 10.3. The molecular weight excluding hydrogens is 517 g/mol. The third-order valence-electron chi connectivity index (χ3n) is 5.92. The van der Waals surface area contributed by atoms with Crippen LogP contribution in [0.4, 0.5) is 21.7 Å². The molecular formula is C29H19ClFN7O. The molecule has 0 unspecified atom stereocenters. The van der Waals surface area contributed by atoms with Gasteiger partial charge in [-0.05, 0) is 60.7 Å². The van der Waals surface area contributed by atoms with E-state index < -0.39 is 0 Å². The van der Waals surface area contributed by atoms with E-state index in [2.05, 4.69) is 20.6 Å². The van der Waals surface area contributed by atoms with Gasteiger partial charge in [0.2, 0.25) is 5.95 Å². The van der Waals surface area contributed by atoms with Crippen LogP contribution < -0.4 is 10.6 Å². The maximum atomic E-state index is 13.7. The summed E-state index contributed by atoms with van der Waals surface area (Å²) >= 11 is 5.84. The minimum Gasteiger partial charge on any atom is -0.324 e. The quantitative estimate of drug-likeness (QED) is 0.232. The molecule has 0 saturated heterocycles. The lowest BCUT2D eigenvalue weighted by Crippen LogP contribution is -2.12. The Morgan fingerprint density at radius 2 is 1.77 bits per heavy atom. The highest BCUT2D eigenvalue weighted by Gasteiger charge is 2.19. The van der Waals surface area contributed by atoms with Crippen molar-refractivity contribution in [3.05, 3.63) is 120 Å². The average molecular weight is 536 g/mol. The molecule has 0 fully saturated rings. The van der Waals surface area contributed by atoms with Crippen molar-refractivity contribution in [2.24, 2.45) is 0 Å². The van der Waals surface area contributed by atoms with Crippen LogP contribution in [0.1, 0.15) is 10.4 Å². The van der Waals surface area contributed by atoms with Crippen LogP contribution >= 0.6 is 11.6 Å². The Morgan fingerprint density at radius 1 is 0.897 bits per heavy atom. The molecule has 0 bridgehead atoms. The highest BCUT2D eigenvalue weighted by molar-refractivity contribution is 6.29. The molecule has 6 aromatic rings. The number of hydrogen-bond acceptors (Lipinski definition) is 6. The SMILES string of the molecule is O=C(Nc1cccc(-c2nn3ccccc3c2-c2ccnc(Nc3cccc(F)c3)n2)c1)c1ccc(Cl)nc1. The highest BCUT2D eigenvalue weighted by Crippen LogP contribution is 2.35. The normalized spacial score (nSPS) is 10.9. The molecule has 6 rings (SSSR count). The van der Waals surface area contributed by atoms with Crippen LogP contribution in [0.25, 0.3) is 28.0 Å². The number of rotatable bonds is 6. The van der Waals surface area contributed by atoms with Crippen molar-refractivity contribution in [1.29, 1.82) is 0 Å². The maximum absolute atomic E-state index is 13.7. The number of amides is 1. The summed E-state index contributed by atoms with van der Waals surface area (Å²) in [7, 11) is 0. The van der Waals surface area contributed by atoms with Crippen molar-refractivity contribution >= 4 is 40.3 Å². The Bertz CT molecular complexity index is 1820. The van der Waals surface area contributed by atoms with Crippen LogP contribution in [0.3, 0.4) is 0 Å². The molecule has 0 aliphatic heterocycles. The topological polar surface area (TPSA) is 97.1 Å². The fraction of sp³-hybridized carbons (Fsp3) is 0. The Kier molecular flexibility index (Phi) is 6.40. The van der Waals surface area contributed by atoms with Gasteiger partial charge in [-0.3, -0.25) is 4.79 Å². The molecule has 1 amide bonds. The Balaban J connectivity index is 1.38. The number of aromatic nitrogens is 5. The lowest BCUT2D eigenvalue weighted by molar-refractivity contribution is 0.102. The first-order valence-corrected chi connectivity index (χ1v) is 12.3. The summed E-state index contributed by atoms with van der Waals surface area (Å²) in [4.78, 5) is 25.7. The van der Waals surface area contributed by atoms with Gasteiger partial charge in [-0.1, -0.05) is 35.9 Å². The monoisotopic (exact) mass is 535 g/mol. The first kappa shape index (κ1) is 24.2. The molecule has 0 aliphatic rings. The van der Waals surface area contributed by atoms with Crippen molar-refractivity contribution in [1.82, 2.24) is 24.6 Å². The molecule has 2 N–H and O–H groups in total. The minimum absolute atomic E-state index is 0.310. The maximum Gasteiger partial charge on any atom is 0.257 e. The van der Waals surface area contributed by atoms with E-state index in [0.29, 0.717) is 39.4 Å². The van der Waals surface area contributed by atoms with Gasteiger partial charge >= 0.3 is 0 Å². The van der Waals surface area contributed by atoms with Crippen LogP contribution in [-0.4, -0.2) is 30.5 Å². The number of nitrogens with one attached hydrogen (secondary N) is 2. The van der Waals surface area contributed by atoms with E-state index in [0.717, 1.165) is 16.6 Å².